The molecule has 7 nitrogen and oxygen atoms in total. The Kier molecular flexibility index (Phi) is 4.49. The van der Waals surface area contributed by atoms with Crippen LogP contribution in [0.25, 0.3) is 16.8 Å². The van der Waals surface area contributed by atoms with Gasteiger partial charge in [0.2, 0.25) is 0 Å². The fourth-order valence-corrected chi connectivity index (χ4v) is 3.95. The Morgan fingerprint density at radius 3 is 2.63 bits per heavy atom. The molecule has 4 heterocycles. The number of pyridine rings is 1. The molecule has 142 valence electrons. The van der Waals surface area contributed by atoms with Gasteiger partial charge in [-0.15, -0.1) is 0 Å². The van der Waals surface area contributed by atoms with Crippen LogP contribution in [0.1, 0.15) is 34.6 Å². The number of hydrogen-bond acceptors (Lipinski definition) is 4. The minimum Gasteiger partial charge on any atom is -0.478 e. The molecule has 0 amide bonds. The highest BCUT2D eigenvalue weighted by Crippen LogP contribution is 2.31. The van der Waals surface area contributed by atoms with Crippen molar-refractivity contribution < 1.29 is 14.6 Å². The van der Waals surface area contributed by atoms with Gasteiger partial charge in [0.05, 0.1) is 30.8 Å². The van der Waals surface area contributed by atoms with E-state index in [0.717, 1.165) is 41.1 Å². The third-order valence-corrected chi connectivity index (χ3v) is 5.41. The van der Waals surface area contributed by atoms with Crippen molar-refractivity contribution in [3.05, 3.63) is 47.7 Å². The first kappa shape index (κ1) is 17.8. The zero-order valence-electron chi connectivity index (χ0n) is 15.8. The van der Waals surface area contributed by atoms with E-state index < -0.39 is 5.97 Å². The Bertz CT molecular complexity index is 998. The summed E-state index contributed by atoms with van der Waals surface area (Å²) in [5, 5.41) is 9.71. The van der Waals surface area contributed by atoms with Crippen LogP contribution in [0.3, 0.4) is 0 Å². The molecule has 1 aliphatic heterocycles. The summed E-state index contributed by atoms with van der Waals surface area (Å²) in [7, 11) is 1.94. The number of carbonyl (C=O) groups is 1. The summed E-state index contributed by atoms with van der Waals surface area (Å²) in [6.07, 6.45) is 5.79. The predicted molar refractivity (Wildman–Crippen MR) is 102 cm³/mol. The molecule has 3 aromatic heterocycles. The molecule has 0 bridgehead atoms. The van der Waals surface area contributed by atoms with Crippen molar-refractivity contribution in [3.63, 3.8) is 0 Å². The topological polar surface area (TPSA) is 72.0 Å². The second-order valence-corrected chi connectivity index (χ2v) is 7.15. The third-order valence-electron chi connectivity index (χ3n) is 5.41. The molecule has 1 fully saturated rings. The molecule has 7 heteroatoms. The summed E-state index contributed by atoms with van der Waals surface area (Å²) in [5.74, 6) is -0.897. The maximum Gasteiger partial charge on any atom is 0.336 e. The van der Waals surface area contributed by atoms with Gasteiger partial charge in [-0.05, 0) is 31.5 Å². The summed E-state index contributed by atoms with van der Waals surface area (Å²) in [6, 6.07) is 3.84. The molecule has 4 rings (SSSR count). The first-order chi connectivity index (χ1) is 13.0. The van der Waals surface area contributed by atoms with Gasteiger partial charge in [-0.25, -0.2) is 9.78 Å². The van der Waals surface area contributed by atoms with Gasteiger partial charge in [-0.1, -0.05) is 0 Å². The number of aryl methyl sites for hydroxylation is 1. The molecule has 1 saturated heterocycles. The molecule has 0 radical (unpaired) electrons. The maximum absolute atomic E-state index is 11.8. The molecule has 0 spiro atoms. The third kappa shape index (κ3) is 3.13. The number of fused-ring (bicyclic) bond motifs is 1. The highest BCUT2D eigenvalue weighted by molar-refractivity contribution is 5.91. The zero-order valence-corrected chi connectivity index (χ0v) is 15.8. The molecule has 0 aliphatic carbocycles. The van der Waals surface area contributed by atoms with Crippen LogP contribution in [0.2, 0.25) is 0 Å². The number of carboxylic acid groups (broad SMARTS) is 1. The van der Waals surface area contributed by atoms with Crippen LogP contribution in [0.4, 0.5) is 0 Å². The van der Waals surface area contributed by atoms with E-state index in [4.69, 9.17) is 4.74 Å². The van der Waals surface area contributed by atoms with Crippen molar-refractivity contribution in [1.29, 1.82) is 0 Å². The van der Waals surface area contributed by atoms with Gasteiger partial charge in [0, 0.05) is 55.3 Å². The second-order valence-electron chi connectivity index (χ2n) is 7.15. The minimum absolute atomic E-state index is 0.0830. The van der Waals surface area contributed by atoms with Gasteiger partial charge < -0.3 is 18.8 Å². The highest BCUT2D eigenvalue weighted by atomic mass is 16.5. The van der Waals surface area contributed by atoms with Gasteiger partial charge in [-0.3, -0.25) is 4.90 Å². The van der Waals surface area contributed by atoms with Crippen molar-refractivity contribution in [1.82, 2.24) is 18.9 Å². The van der Waals surface area contributed by atoms with Crippen LogP contribution >= 0.6 is 0 Å². The molecule has 1 unspecified atom stereocenters. The van der Waals surface area contributed by atoms with Crippen molar-refractivity contribution >= 4 is 11.5 Å². The summed E-state index contributed by atoms with van der Waals surface area (Å²) in [6.45, 7) is 7.13. The Balaban J connectivity index is 1.89. The fourth-order valence-electron chi connectivity index (χ4n) is 3.95. The molecule has 0 aromatic carbocycles. The lowest BCUT2D eigenvalue weighted by Gasteiger charge is -2.33. The van der Waals surface area contributed by atoms with E-state index in [0.29, 0.717) is 18.8 Å². The smallest absolute Gasteiger partial charge is 0.336 e. The predicted octanol–water partition coefficient (Wildman–Crippen LogP) is 2.74. The average Bonchev–Trinajstić information content (AvgIpc) is 3.27. The summed E-state index contributed by atoms with van der Waals surface area (Å²) in [5.41, 5.74) is 4.89. The minimum atomic E-state index is -0.897. The molecule has 3 aromatic rings. The van der Waals surface area contributed by atoms with Crippen molar-refractivity contribution in [2.75, 3.05) is 26.3 Å². The normalized spacial score (nSPS) is 16.7. The molecular weight excluding hydrogens is 344 g/mol. The van der Waals surface area contributed by atoms with Crippen LogP contribution in [0, 0.1) is 6.92 Å². The monoisotopic (exact) mass is 368 g/mol. The van der Waals surface area contributed by atoms with E-state index in [1.54, 1.807) is 12.4 Å². The summed E-state index contributed by atoms with van der Waals surface area (Å²) >= 11 is 0. The number of aromatic nitrogens is 3. The van der Waals surface area contributed by atoms with Crippen LogP contribution < -0.4 is 0 Å². The van der Waals surface area contributed by atoms with Crippen molar-refractivity contribution in [2.24, 2.45) is 7.05 Å². The number of ether oxygens (including phenoxy) is 1. The first-order valence-corrected chi connectivity index (χ1v) is 9.14. The number of rotatable bonds is 4. The van der Waals surface area contributed by atoms with E-state index in [1.165, 1.54) is 0 Å². The largest absolute Gasteiger partial charge is 0.478 e. The van der Waals surface area contributed by atoms with E-state index in [9.17, 15) is 9.90 Å². The number of aromatic carboxylic acids is 1. The van der Waals surface area contributed by atoms with Gasteiger partial charge in [0.25, 0.3) is 0 Å². The molecular formula is C20H24N4O3. The van der Waals surface area contributed by atoms with Crippen LogP contribution in [-0.2, 0) is 11.8 Å². The van der Waals surface area contributed by atoms with Gasteiger partial charge >= 0.3 is 5.97 Å². The number of morpholine rings is 1. The number of nitrogens with zero attached hydrogens (tertiary/aromatic N) is 4. The lowest BCUT2D eigenvalue weighted by atomic mass is 10.0. The lowest BCUT2D eigenvalue weighted by Crippen LogP contribution is -2.39. The van der Waals surface area contributed by atoms with Crippen LogP contribution in [-0.4, -0.2) is 56.2 Å². The number of carboxylic acids is 1. The van der Waals surface area contributed by atoms with E-state index in [-0.39, 0.29) is 6.04 Å². The fraction of sp³-hybridized carbons (Fsp3) is 0.400. The van der Waals surface area contributed by atoms with Gasteiger partial charge in [0.15, 0.2) is 0 Å². The number of imidazole rings is 1. The van der Waals surface area contributed by atoms with E-state index >= 15 is 0 Å². The second kappa shape index (κ2) is 6.83. The van der Waals surface area contributed by atoms with Crippen LogP contribution in [0.5, 0.6) is 0 Å². The molecule has 0 saturated carbocycles. The zero-order chi connectivity index (χ0) is 19.1. The molecule has 27 heavy (non-hydrogen) atoms. The van der Waals surface area contributed by atoms with Crippen LogP contribution in [0.15, 0.2) is 30.9 Å². The van der Waals surface area contributed by atoms with E-state index in [2.05, 4.69) is 27.4 Å². The Labute approximate surface area is 157 Å². The van der Waals surface area contributed by atoms with Gasteiger partial charge in [0.1, 0.15) is 0 Å². The SMILES string of the molecule is Cc1c(C(=O)O)cc2cc(-c3cn(C)cn3)cn2c1C(C)N1CCOCC1. The summed E-state index contributed by atoms with van der Waals surface area (Å²) < 4.78 is 9.50. The molecule has 1 atom stereocenters. The Morgan fingerprint density at radius 1 is 1.26 bits per heavy atom. The molecule has 1 N–H and O–H groups in total. The quantitative estimate of drug-likeness (QED) is 0.767. The molecule has 1 aliphatic rings. The Morgan fingerprint density at radius 2 is 2.00 bits per heavy atom. The van der Waals surface area contributed by atoms with Gasteiger partial charge in [-0.2, -0.15) is 0 Å². The number of hydrogen-bond donors (Lipinski definition) is 1. The standard InChI is InChI=1S/C20H24N4O3/c1-13-17(20(25)26)9-16-8-15(18-11-22(3)12-21-18)10-24(16)19(13)14(2)23-4-6-27-7-5-23/h8-12,14H,4-7H2,1-3H3,(H,25,26). The van der Waals surface area contributed by atoms with E-state index in [1.807, 2.05) is 30.8 Å². The summed E-state index contributed by atoms with van der Waals surface area (Å²) in [4.78, 5) is 18.6. The Hall–Kier alpha value is -2.64. The average molecular weight is 368 g/mol. The first-order valence-electron chi connectivity index (χ1n) is 9.14. The van der Waals surface area contributed by atoms with Crippen molar-refractivity contribution in [3.8, 4) is 11.3 Å². The maximum atomic E-state index is 11.8. The highest BCUT2D eigenvalue weighted by Gasteiger charge is 2.25. The van der Waals surface area contributed by atoms with Crippen molar-refractivity contribution in [2.45, 2.75) is 19.9 Å². The lowest BCUT2D eigenvalue weighted by molar-refractivity contribution is 0.0187.